The Bertz CT molecular complexity index is 582. The number of aromatic nitrogens is 2. The fraction of sp³-hybridized carbons (Fsp3) is 0.182. The smallest absolute Gasteiger partial charge is 0.271 e. The lowest BCUT2D eigenvalue weighted by molar-refractivity contribution is -0.384. The van der Waals surface area contributed by atoms with Crippen LogP contribution in [0.25, 0.3) is 0 Å². The number of halogens is 1. The van der Waals surface area contributed by atoms with E-state index in [9.17, 15) is 14.5 Å². The van der Waals surface area contributed by atoms with Gasteiger partial charge in [0.05, 0.1) is 16.8 Å². The van der Waals surface area contributed by atoms with E-state index in [0.717, 1.165) is 17.7 Å². The molecule has 1 aromatic carbocycles. The molecule has 2 rings (SSSR count). The highest BCUT2D eigenvalue weighted by atomic mass is 19.1. The van der Waals surface area contributed by atoms with Crippen LogP contribution in [0.5, 0.6) is 0 Å². The number of nitrogens with zero attached hydrogens (tertiary/aromatic N) is 3. The van der Waals surface area contributed by atoms with E-state index in [0.29, 0.717) is 6.54 Å². The molecule has 18 heavy (non-hydrogen) atoms. The summed E-state index contributed by atoms with van der Waals surface area (Å²) in [6, 6.07) is 3.37. The molecule has 94 valence electrons. The molecule has 0 amide bonds. The van der Waals surface area contributed by atoms with Crippen LogP contribution in [0.1, 0.15) is 5.56 Å². The number of nitro groups is 1. The lowest BCUT2D eigenvalue weighted by atomic mass is 10.2. The van der Waals surface area contributed by atoms with Crippen LogP contribution in [0, 0.1) is 15.9 Å². The standard InChI is InChI=1S/C11H11FN4O2/c1-15-7-8(6-14-15)5-13-11-4-9(16(17)18)2-3-10(11)12/h2-4,6-7,13H,5H2,1H3. The third-order valence-electron chi connectivity index (χ3n) is 2.40. The van der Waals surface area contributed by atoms with Gasteiger partial charge >= 0.3 is 0 Å². The Labute approximate surface area is 102 Å². The van der Waals surface area contributed by atoms with Crippen molar-refractivity contribution >= 4 is 11.4 Å². The van der Waals surface area contributed by atoms with Crippen molar-refractivity contribution < 1.29 is 9.31 Å². The van der Waals surface area contributed by atoms with Crippen LogP contribution >= 0.6 is 0 Å². The van der Waals surface area contributed by atoms with Gasteiger partial charge in [-0.25, -0.2) is 4.39 Å². The van der Waals surface area contributed by atoms with Crippen molar-refractivity contribution in [3.8, 4) is 0 Å². The van der Waals surface area contributed by atoms with Gasteiger partial charge in [0.15, 0.2) is 0 Å². The van der Waals surface area contributed by atoms with Crippen molar-refractivity contribution in [3.05, 3.63) is 52.1 Å². The van der Waals surface area contributed by atoms with Gasteiger partial charge in [0, 0.05) is 37.5 Å². The predicted octanol–water partition coefficient (Wildman–Crippen LogP) is 2.08. The summed E-state index contributed by atoms with van der Waals surface area (Å²) in [5.41, 5.74) is 0.821. The highest BCUT2D eigenvalue weighted by molar-refractivity contribution is 5.52. The minimum Gasteiger partial charge on any atom is -0.378 e. The molecule has 1 aromatic heterocycles. The van der Waals surface area contributed by atoms with Gasteiger partial charge in [-0.15, -0.1) is 0 Å². The number of anilines is 1. The van der Waals surface area contributed by atoms with Gasteiger partial charge in [-0.1, -0.05) is 0 Å². The summed E-state index contributed by atoms with van der Waals surface area (Å²) in [6.07, 6.45) is 3.42. The van der Waals surface area contributed by atoms with Crippen molar-refractivity contribution in [1.82, 2.24) is 9.78 Å². The highest BCUT2D eigenvalue weighted by Gasteiger charge is 2.10. The number of aryl methyl sites for hydroxylation is 1. The number of benzene rings is 1. The molecule has 0 radical (unpaired) electrons. The van der Waals surface area contributed by atoms with Crippen molar-refractivity contribution in [2.75, 3.05) is 5.32 Å². The Hall–Kier alpha value is -2.44. The van der Waals surface area contributed by atoms with E-state index in [2.05, 4.69) is 10.4 Å². The van der Waals surface area contributed by atoms with E-state index >= 15 is 0 Å². The lowest BCUT2D eigenvalue weighted by Gasteiger charge is -2.05. The first kappa shape index (κ1) is 12.0. The summed E-state index contributed by atoms with van der Waals surface area (Å²) in [6.45, 7) is 0.353. The van der Waals surface area contributed by atoms with Crippen LogP contribution in [-0.2, 0) is 13.6 Å². The Morgan fingerprint density at radius 2 is 2.33 bits per heavy atom. The van der Waals surface area contributed by atoms with E-state index in [1.54, 1.807) is 24.1 Å². The Kier molecular flexibility index (Phi) is 3.22. The summed E-state index contributed by atoms with van der Waals surface area (Å²) in [5.74, 6) is -0.524. The fourth-order valence-electron chi connectivity index (χ4n) is 1.52. The molecule has 2 aromatic rings. The van der Waals surface area contributed by atoms with Gasteiger partial charge in [-0.05, 0) is 6.07 Å². The highest BCUT2D eigenvalue weighted by Crippen LogP contribution is 2.21. The van der Waals surface area contributed by atoms with Crippen LogP contribution in [-0.4, -0.2) is 14.7 Å². The van der Waals surface area contributed by atoms with Crippen molar-refractivity contribution in [2.24, 2.45) is 7.05 Å². The Balaban J connectivity index is 2.13. The second kappa shape index (κ2) is 4.82. The van der Waals surface area contributed by atoms with Crippen molar-refractivity contribution in [1.29, 1.82) is 0 Å². The molecule has 0 aliphatic rings. The average Bonchev–Trinajstić information content (AvgIpc) is 2.74. The summed E-state index contributed by atoms with van der Waals surface area (Å²) in [4.78, 5) is 10.0. The Morgan fingerprint density at radius 1 is 1.56 bits per heavy atom. The van der Waals surface area contributed by atoms with Crippen molar-refractivity contribution in [2.45, 2.75) is 6.54 Å². The molecule has 6 nitrogen and oxygen atoms in total. The molecule has 7 heteroatoms. The van der Waals surface area contributed by atoms with Crippen LogP contribution in [0.15, 0.2) is 30.6 Å². The molecule has 0 aliphatic carbocycles. The fourth-order valence-corrected chi connectivity index (χ4v) is 1.52. The number of nitro benzene ring substituents is 1. The van der Waals surface area contributed by atoms with Crippen LogP contribution in [0.4, 0.5) is 15.8 Å². The largest absolute Gasteiger partial charge is 0.378 e. The van der Waals surface area contributed by atoms with E-state index in [1.807, 2.05) is 0 Å². The minimum atomic E-state index is -0.561. The number of rotatable bonds is 4. The van der Waals surface area contributed by atoms with Gasteiger partial charge in [0.25, 0.3) is 5.69 Å². The van der Waals surface area contributed by atoms with E-state index in [-0.39, 0.29) is 11.4 Å². The topological polar surface area (TPSA) is 73.0 Å². The first-order valence-corrected chi connectivity index (χ1v) is 5.21. The number of hydrogen-bond donors (Lipinski definition) is 1. The van der Waals surface area contributed by atoms with Gasteiger partial charge < -0.3 is 5.32 Å². The molecular weight excluding hydrogens is 239 g/mol. The molecule has 1 heterocycles. The molecule has 0 atom stereocenters. The first-order chi connectivity index (χ1) is 8.56. The van der Waals surface area contributed by atoms with Gasteiger partial charge in [-0.2, -0.15) is 5.10 Å². The second-order valence-electron chi connectivity index (χ2n) is 3.80. The zero-order valence-electron chi connectivity index (χ0n) is 9.63. The second-order valence-corrected chi connectivity index (χ2v) is 3.80. The molecule has 0 saturated carbocycles. The van der Waals surface area contributed by atoms with Crippen LogP contribution in [0.3, 0.4) is 0 Å². The van der Waals surface area contributed by atoms with Gasteiger partial charge in [0.1, 0.15) is 5.82 Å². The molecular formula is C11H11FN4O2. The van der Waals surface area contributed by atoms with E-state index in [1.165, 1.54) is 6.07 Å². The Morgan fingerprint density at radius 3 is 2.94 bits per heavy atom. The quantitative estimate of drug-likeness (QED) is 0.666. The summed E-state index contributed by atoms with van der Waals surface area (Å²) < 4.78 is 15.1. The number of non-ortho nitro benzene ring substituents is 1. The molecule has 0 unspecified atom stereocenters. The normalized spacial score (nSPS) is 10.3. The maximum absolute atomic E-state index is 13.4. The predicted molar refractivity (Wildman–Crippen MR) is 63.6 cm³/mol. The minimum absolute atomic E-state index is 0.105. The maximum atomic E-state index is 13.4. The summed E-state index contributed by atoms with van der Waals surface area (Å²) in [5, 5.41) is 17.4. The molecule has 0 aliphatic heterocycles. The molecule has 0 spiro atoms. The molecule has 0 bridgehead atoms. The molecule has 1 N–H and O–H groups in total. The SMILES string of the molecule is Cn1cc(CNc2cc([N+](=O)[O-])ccc2F)cn1. The zero-order valence-corrected chi connectivity index (χ0v) is 9.63. The zero-order chi connectivity index (χ0) is 13.1. The first-order valence-electron chi connectivity index (χ1n) is 5.21. The average molecular weight is 250 g/mol. The van der Waals surface area contributed by atoms with Gasteiger partial charge in [-0.3, -0.25) is 14.8 Å². The third-order valence-corrected chi connectivity index (χ3v) is 2.40. The number of nitrogens with one attached hydrogen (secondary N) is 1. The van der Waals surface area contributed by atoms with E-state index < -0.39 is 10.7 Å². The maximum Gasteiger partial charge on any atom is 0.271 e. The molecule has 0 fully saturated rings. The van der Waals surface area contributed by atoms with Crippen molar-refractivity contribution in [3.63, 3.8) is 0 Å². The summed E-state index contributed by atoms with van der Waals surface area (Å²) >= 11 is 0. The third kappa shape index (κ3) is 2.62. The molecule has 0 saturated heterocycles. The van der Waals surface area contributed by atoms with E-state index in [4.69, 9.17) is 0 Å². The van der Waals surface area contributed by atoms with Crippen LogP contribution in [0.2, 0.25) is 0 Å². The monoisotopic (exact) mass is 250 g/mol. The van der Waals surface area contributed by atoms with Crippen LogP contribution < -0.4 is 5.32 Å². The lowest BCUT2D eigenvalue weighted by Crippen LogP contribution is -2.01. The summed E-state index contributed by atoms with van der Waals surface area (Å²) in [7, 11) is 1.78. The number of hydrogen-bond acceptors (Lipinski definition) is 4. The van der Waals surface area contributed by atoms with Gasteiger partial charge in [0.2, 0.25) is 0 Å².